The number of para-hydroxylation sites is 1. The Kier molecular flexibility index (Phi) is 3.74. The van der Waals surface area contributed by atoms with Gasteiger partial charge in [0.05, 0.1) is 25.1 Å². The van der Waals surface area contributed by atoms with Crippen LogP contribution in [0.25, 0.3) is 0 Å². The van der Waals surface area contributed by atoms with Gasteiger partial charge in [-0.1, -0.05) is 13.0 Å². The summed E-state index contributed by atoms with van der Waals surface area (Å²) in [6.45, 7) is 3.81. The van der Waals surface area contributed by atoms with Crippen LogP contribution in [0.3, 0.4) is 0 Å². The maximum Gasteiger partial charge on any atom is 0.143 e. The Morgan fingerprint density at radius 3 is 3.00 bits per heavy atom. The Hall–Kier alpha value is -1.42. The molecule has 1 heterocycles. The summed E-state index contributed by atoms with van der Waals surface area (Å²) < 4.78 is 10.6. The second kappa shape index (κ2) is 5.27. The largest absolute Gasteiger partial charge is 0.495 e. The first-order valence-electron chi connectivity index (χ1n) is 5.99. The van der Waals surface area contributed by atoms with Gasteiger partial charge < -0.3 is 20.5 Å². The van der Waals surface area contributed by atoms with E-state index in [2.05, 4.69) is 12.2 Å². The molecule has 17 heavy (non-hydrogen) atoms. The van der Waals surface area contributed by atoms with Crippen molar-refractivity contribution in [3.63, 3.8) is 0 Å². The molecule has 1 saturated heterocycles. The molecule has 1 aliphatic rings. The molecule has 1 aliphatic heterocycles. The molecule has 2 rings (SSSR count). The monoisotopic (exact) mass is 236 g/mol. The fraction of sp³-hybridized carbons (Fsp3) is 0.538. The van der Waals surface area contributed by atoms with Crippen molar-refractivity contribution in [2.75, 3.05) is 31.4 Å². The second-order valence-electron chi connectivity index (χ2n) is 4.51. The van der Waals surface area contributed by atoms with E-state index in [0.29, 0.717) is 17.6 Å². The third-order valence-corrected chi connectivity index (χ3v) is 3.27. The van der Waals surface area contributed by atoms with E-state index in [1.165, 1.54) is 0 Å². The van der Waals surface area contributed by atoms with Gasteiger partial charge in [0, 0.05) is 12.6 Å². The van der Waals surface area contributed by atoms with Crippen molar-refractivity contribution in [3.05, 3.63) is 18.2 Å². The molecule has 1 fully saturated rings. The molecule has 94 valence electrons. The molecule has 0 amide bonds. The van der Waals surface area contributed by atoms with Gasteiger partial charge in [-0.15, -0.1) is 0 Å². The molecule has 4 nitrogen and oxygen atoms in total. The minimum absolute atomic E-state index is 0.415. The van der Waals surface area contributed by atoms with Gasteiger partial charge in [-0.3, -0.25) is 0 Å². The van der Waals surface area contributed by atoms with Crippen LogP contribution in [0.2, 0.25) is 0 Å². The van der Waals surface area contributed by atoms with Crippen LogP contribution in [0.5, 0.6) is 5.75 Å². The van der Waals surface area contributed by atoms with Gasteiger partial charge in [-0.25, -0.2) is 0 Å². The average Bonchev–Trinajstić information content (AvgIpc) is 2.34. The van der Waals surface area contributed by atoms with Gasteiger partial charge in [-0.05, 0) is 24.5 Å². The van der Waals surface area contributed by atoms with Gasteiger partial charge in [0.15, 0.2) is 0 Å². The predicted octanol–water partition coefficient (Wildman–Crippen LogP) is 2.11. The molecule has 1 aromatic carbocycles. The summed E-state index contributed by atoms with van der Waals surface area (Å²) in [4.78, 5) is 0. The first kappa shape index (κ1) is 12.0. The number of ether oxygens (including phenoxy) is 2. The zero-order valence-electron chi connectivity index (χ0n) is 10.4. The maximum absolute atomic E-state index is 6.04. The quantitative estimate of drug-likeness (QED) is 0.789. The highest BCUT2D eigenvalue weighted by Crippen LogP contribution is 2.31. The van der Waals surface area contributed by atoms with Gasteiger partial charge in [0.2, 0.25) is 0 Å². The van der Waals surface area contributed by atoms with Crippen LogP contribution in [0.1, 0.15) is 13.3 Å². The summed E-state index contributed by atoms with van der Waals surface area (Å²) in [5.41, 5.74) is 7.66. The Bertz CT molecular complexity index is 382. The standard InChI is InChI=1S/C13H20N2O2/c1-9-8-17-7-6-10(9)15-11-4-3-5-12(16-2)13(11)14/h3-5,9-10,15H,6-8,14H2,1-2H3. The third-order valence-electron chi connectivity index (χ3n) is 3.27. The van der Waals surface area contributed by atoms with E-state index in [4.69, 9.17) is 15.2 Å². The molecule has 0 radical (unpaired) electrons. The van der Waals surface area contributed by atoms with Crippen LogP contribution in [-0.4, -0.2) is 26.4 Å². The highest BCUT2D eigenvalue weighted by molar-refractivity contribution is 5.73. The van der Waals surface area contributed by atoms with E-state index < -0.39 is 0 Å². The number of rotatable bonds is 3. The van der Waals surface area contributed by atoms with E-state index in [1.807, 2.05) is 18.2 Å². The van der Waals surface area contributed by atoms with Gasteiger partial charge in [-0.2, -0.15) is 0 Å². The molecule has 0 saturated carbocycles. The molecule has 0 aromatic heterocycles. The van der Waals surface area contributed by atoms with E-state index in [0.717, 1.165) is 31.1 Å². The summed E-state index contributed by atoms with van der Waals surface area (Å²) in [5, 5.41) is 3.49. The van der Waals surface area contributed by atoms with Crippen molar-refractivity contribution in [2.24, 2.45) is 5.92 Å². The van der Waals surface area contributed by atoms with Gasteiger partial charge in [0.1, 0.15) is 5.75 Å². The molecule has 0 spiro atoms. The normalized spacial score (nSPS) is 24.4. The summed E-state index contributed by atoms with van der Waals surface area (Å²) in [6.07, 6.45) is 1.01. The van der Waals surface area contributed by atoms with Crippen LogP contribution in [-0.2, 0) is 4.74 Å². The zero-order chi connectivity index (χ0) is 12.3. The number of anilines is 2. The first-order valence-corrected chi connectivity index (χ1v) is 5.99. The molecule has 1 aromatic rings. The minimum atomic E-state index is 0.415. The summed E-state index contributed by atoms with van der Waals surface area (Å²) in [6, 6.07) is 6.22. The second-order valence-corrected chi connectivity index (χ2v) is 4.51. The fourth-order valence-corrected chi connectivity index (χ4v) is 2.14. The maximum atomic E-state index is 6.04. The van der Waals surface area contributed by atoms with Crippen molar-refractivity contribution in [3.8, 4) is 5.75 Å². The molecule has 0 aliphatic carbocycles. The number of methoxy groups -OCH3 is 1. The van der Waals surface area contributed by atoms with Crippen LogP contribution in [0, 0.1) is 5.92 Å². The molecule has 3 N–H and O–H groups in total. The Morgan fingerprint density at radius 1 is 1.47 bits per heavy atom. The highest BCUT2D eigenvalue weighted by Gasteiger charge is 2.22. The number of hydrogen-bond acceptors (Lipinski definition) is 4. The molecule has 2 atom stereocenters. The van der Waals surface area contributed by atoms with Gasteiger partial charge >= 0.3 is 0 Å². The average molecular weight is 236 g/mol. The molecular formula is C13H20N2O2. The Balaban J connectivity index is 2.12. The van der Waals surface area contributed by atoms with E-state index >= 15 is 0 Å². The molecular weight excluding hydrogens is 216 g/mol. The van der Waals surface area contributed by atoms with Crippen molar-refractivity contribution in [1.82, 2.24) is 0 Å². The number of hydrogen-bond donors (Lipinski definition) is 2. The number of nitrogens with two attached hydrogens (primary N) is 1. The lowest BCUT2D eigenvalue weighted by Crippen LogP contribution is -2.36. The van der Waals surface area contributed by atoms with Crippen molar-refractivity contribution >= 4 is 11.4 Å². The van der Waals surface area contributed by atoms with Crippen molar-refractivity contribution in [2.45, 2.75) is 19.4 Å². The molecule has 2 unspecified atom stereocenters. The summed E-state index contributed by atoms with van der Waals surface area (Å²) in [5.74, 6) is 1.21. The van der Waals surface area contributed by atoms with Crippen molar-refractivity contribution < 1.29 is 9.47 Å². The van der Waals surface area contributed by atoms with E-state index in [1.54, 1.807) is 7.11 Å². The molecule has 0 bridgehead atoms. The van der Waals surface area contributed by atoms with Gasteiger partial charge in [0.25, 0.3) is 0 Å². The van der Waals surface area contributed by atoms with Crippen molar-refractivity contribution in [1.29, 1.82) is 0 Å². The van der Waals surface area contributed by atoms with Crippen LogP contribution < -0.4 is 15.8 Å². The highest BCUT2D eigenvalue weighted by atomic mass is 16.5. The minimum Gasteiger partial charge on any atom is -0.495 e. The van der Waals surface area contributed by atoms with Crippen LogP contribution >= 0.6 is 0 Å². The van der Waals surface area contributed by atoms with E-state index in [-0.39, 0.29) is 0 Å². The van der Waals surface area contributed by atoms with Crippen LogP contribution in [0.4, 0.5) is 11.4 Å². The summed E-state index contributed by atoms with van der Waals surface area (Å²) >= 11 is 0. The van der Waals surface area contributed by atoms with Crippen LogP contribution in [0.15, 0.2) is 18.2 Å². The third kappa shape index (κ3) is 2.64. The number of benzene rings is 1. The summed E-state index contributed by atoms with van der Waals surface area (Å²) in [7, 11) is 1.63. The Morgan fingerprint density at radius 2 is 2.29 bits per heavy atom. The lowest BCUT2D eigenvalue weighted by molar-refractivity contribution is 0.0538. The lowest BCUT2D eigenvalue weighted by Gasteiger charge is -2.31. The smallest absolute Gasteiger partial charge is 0.143 e. The lowest BCUT2D eigenvalue weighted by atomic mass is 9.97. The predicted molar refractivity (Wildman–Crippen MR) is 69.4 cm³/mol. The number of nitrogens with one attached hydrogen (secondary N) is 1. The number of nitrogen functional groups attached to an aromatic ring is 1. The topological polar surface area (TPSA) is 56.5 Å². The zero-order valence-corrected chi connectivity index (χ0v) is 10.4. The Labute approximate surface area is 102 Å². The fourth-order valence-electron chi connectivity index (χ4n) is 2.14. The van der Waals surface area contributed by atoms with E-state index in [9.17, 15) is 0 Å². The first-order chi connectivity index (χ1) is 8.22. The SMILES string of the molecule is COc1cccc(NC2CCOCC2C)c1N. The molecule has 4 heteroatoms.